The first kappa shape index (κ1) is 9.71. The predicted octanol–water partition coefficient (Wildman–Crippen LogP) is 2.44. The van der Waals surface area contributed by atoms with Crippen LogP contribution in [0.4, 0.5) is 0 Å². The van der Waals surface area contributed by atoms with Crippen LogP contribution in [-0.2, 0) is 6.42 Å². The molecule has 3 nitrogen and oxygen atoms in total. The van der Waals surface area contributed by atoms with Gasteiger partial charge in [0.1, 0.15) is 6.26 Å². The van der Waals surface area contributed by atoms with Crippen molar-refractivity contribution in [3.8, 4) is 0 Å². The van der Waals surface area contributed by atoms with Crippen LogP contribution in [0.15, 0.2) is 10.7 Å². The van der Waals surface area contributed by atoms with Crippen LogP contribution in [0.25, 0.3) is 0 Å². The predicted molar refractivity (Wildman–Crippen MR) is 55.1 cm³/mol. The molecule has 1 fully saturated rings. The second-order valence-electron chi connectivity index (χ2n) is 3.93. The molecule has 14 heavy (non-hydrogen) atoms. The Kier molecular flexibility index (Phi) is 3.19. The molecule has 1 aromatic heterocycles. The summed E-state index contributed by atoms with van der Waals surface area (Å²) in [6.07, 6.45) is 7.67. The van der Waals surface area contributed by atoms with E-state index in [9.17, 15) is 0 Å². The van der Waals surface area contributed by atoms with Gasteiger partial charge in [-0.25, -0.2) is 4.98 Å². The Morgan fingerprint density at radius 1 is 1.57 bits per heavy atom. The highest BCUT2D eigenvalue weighted by Gasteiger charge is 2.19. The Hall–Kier alpha value is -0.830. The minimum atomic E-state index is 0.356. The third-order valence-corrected chi connectivity index (χ3v) is 2.68. The number of aromatic nitrogens is 1. The van der Waals surface area contributed by atoms with Crippen molar-refractivity contribution in [3.05, 3.63) is 17.8 Å². The number of nitrogens with zero attached hydrogens (tertiary/aromatic N) is 1. The average molecular weight is 194 g/mol. The van der Waals surface area contributed by atoms with Crippen molar-refractivity contribution in [2.45, 2.75) is 45.1 Å². The second-order valence-corrected chi connectivity index (χ2v) is 3.93. The second kappa shape index (κ2) is 4.60. The van der Waals surface area contributed by atoms with Gasteiger partial charge in [-0.15, -0.1) is 0 Å². The summed E-state index contributed by atoms with van der Waals surface area (Å²) in [6.45, 7) is 3.25. The molecular formula is C11H18N2O. The fourth-order valence-corrected chi connectivity index (χ4v) is 1.92. The minimum absolute atomic E-state index is 0.356. The summed E-state index contributed by atoms with van der Waals surface area (Å²) in [7, 11) is 0. The number of oxazole rings is 1. The van der Waals surface area contributed by atoms with Gasteiger partial charge in [0, 0.05) is 0 Å². The van der Waals surface area contributed by atoms with Gasteiger partial charge in [-0.2, -0.15) is 0 Å². The fourth-order valence-electron chi connectivity index (χ4n) is 1.92. The van der Waals surface area contributed by atoms with Crippen molar-refractivity contribution < 1.29 is 4.42 Å². The van der Waals surface area contributed by atoms with Crippen LogP contribution >= 0.6 is 0 Å². The molecule has 1 saturated heterocycles. The Bertz CT molecular complexity index is 277. The quantitative estimate of drug-likeness (QED) is 0.803. The zero-order valence-corrected chi connectivity index (χ0v) is 8.75. The minimum Gasteiger partial charge on any atom is -0.447 e. The van der Waals surface area contributed by atoms with Crippen LogP contribution in [0.1, 0.15) is 50.2 Å². The molecule has 1 N–H and O–H groups in total. The van der Waals surface area contributed by atoms with Crippen LogP contribution < -0.4 is 5.32 Å². The number of rotatable bonds is 3. The summed E-state index contributed by atoms with van der Waals surface area (Å²) in [6, 6.07) is 0.356. The smallest absolute Gasteiger partial charge is 0.211 e. The van der Waals surface area contributed by atoms with Gasteiger partial charge in [-0.1, -0.05) is 19.8 Å². The molecule has 0 aliphatic carbocycles. The first-order valence-corrected chi connectivity index (χ1v) is 5.58. The van der Waals surface area contributed by atoms with E-state index in [0.29, 0.717) is 6.04 Å². The van der Waals surface area contributed by atoms with E-state index in [0.717, 1.165) is 37.4 Å². The third-order valence-electron chi connectivity index (χ3n) is 2.68. The molecule has 1 aliphatic heterocycles. The van der Waals surface area contributed by atoms with Gasteiger partial charge in [-0.05, 0) is 25.8 Å². The van der Waals surface area contributed by atoms with Crippen LogP contribution in [0, 0.1) is 0 Å². The maximum Gasteiger partial charge on any atom is 0.211 e. The molecular weight excluding hydrogens is 176 g/mol. The van der Waals surface area contributed by atoms with Gasteiger partial charge >= 0.3 is 0 Å². The van der Waals surface area contributed by atoms with E-state index >= 15 is 0 Å². The number of hydrogen-bond acceptors (Lipinski definition) is 3. The zero-order chi connectivity index (χ0) is 9.80. The summed E-state index contributed by atoms with van der Waals surface area (Å²) in [5.41, 5.74) is 1.09. The van der Waals surface area contributed by atoms with E-state index in [1.165, 1.54) is 12.8 Å². The summed E-state index contributed by atoms with van der Waals surface area (Å²) in [5.74, 6) is 0.883. The normalized spacial score (nSPS) is 22.5. The molecule has 0 saturated carbocycles. The summed E-state index contributed by atoms with van der Waals surface area (Å²) in [4.78, 5) is 4.49. The summed E-state index contributed by atoms with van der Waals surface area (Å²) >= 11 is 0. The van der Waals surface area contributed by atoms with E-state index in [-0.39, 0.29) is 0 Å². The van der Waals surface area contributed by atoms with E-state index in [2.05, 4.69) is 17.2 Å². The van der Waals surface area contributed by atoms with Gasteiger partial charge in [0.2, 0.25) is 5.89 Å². The lowest BCUT2D eigenvalue weighted by Crippen LogP contribution is -2.26. The van der Waals surface area contributed by atoms with Crippen molar-refractivity contribution in [2.24, 2.45) is 0 Å². The van der Waals surface area contributed by atoms with Crippen LogP contribution in [0.2, 0.25) is 0 Å². The van der Waals surface area contributed by atoms with Crippen molar-refractivity contribution in [3.63, 3.8) is 0 Å². The molecule has 78 valence electrons. The number of aryl methyl sites for hydroxylation is 1. The molecule has 0 bridgehead atoms. The summed E-state index contributed by atoms with van der Waals surface area (Å²) < 4.78 is 5.48. The molecule has 2 rings (SSSR count). The van der Waals surface area contributed by atoms with Crippen LogP contribution in [0.3, 0.4) is 0 Å². The molecule has 0 radical (unpaired) electrons. The fraction of sp³-hybridized carbons (Fsp3) is 0.727. The molecule has 1 unspecified atom stereocenters. The highest BCUT2D eigenvalue weighted by Crippen LogP contribution is 2.22. The number of piperidine rings is 1. The topological polar surface area (TPSA) is 38.1 Å². The average Bonchev–Trinajstić information content (AvgIpc) is 2.68. The van der Waals surface area contributed by atoms with Gasteiger partial charge in [0.15, 0.2) is 0 Å². The molecule has 1 aliphatic rings. The van der Waals surface area contributed by atoms with Gasteiger partial charge in [0.05, 0.1) is 11.7 Å². The maximum absolute atomic E-state index is 5.48. The molecule has 3 heteroatoms. The SMILES string of the molecule is CCCc1coc(C2CCCCN2)n1. The molecule has 1 atom stereocenters. The Balaban J connectivity index is 2.00. The largest absolute Gasteiger partial charge is 0.447 e. The van der Waals surface area contributed by atoms with Gasteiger partial charge < -0.3 is 9.73 Å². The van der Waals surface area contributed by atoms with Gasteiger partial charge in [-0.3, -0.25) is 0 Å². The number of nitrogens with one attached hydrogen (secondary N) is 1. The van der Waals surface area contributed by atoms with Crippen molar-refractivity contribution in [1.82, 2.24) is 10.3 Å². The Labute approximate surface area is 84.9 Å². The molecule has 0 amide bonds. The van der Waals surface area contributed by atoms with Crippen LogP contribution in [0.5, 0.6) is 0 Å². The van der Waals surface area contributed by atoms with E-state index in [1.54, 1.807) is 6.26 Å². The Morgan fingerprint density at radius 3 is 3.21 bits per heavy atom. The number of hydrogen-bond donors (Lipinski definition) is 1. The molecule has 2 heterocycles. The maximum atomic E-state index is 5.48. The standard InChI is InChI=1S/C11H18N2O/c1-2-5-9-8-14-11(13-9)10-6-3-4-7-12-10/h8,10,12H,2-7H2,1H3. The lowest BCUT2D eigenvalue weighted by Gasteiger charge is -2.20. The highest BCUT2D eigenvalue weighted by atomic mass is 16.3. The first-order chi connectivity index (χ1) is 6.90. The highest BCUT2D eigenvalue weighted by molar-refractivity contribution is 5.01. The molecule has 0 aromatic carbocycles. The molecule has 0 spiro atoms. The monoisotopic (exact) mass is 194 g/mol. The lowest BCUT2D eigenvalue weighted by atomic mass is 10.1. The zero-order valence-electron chi connectivity index (χ0n) is 8.75. The first-order valence-electron chi connectivity index (χ1n) is 5.58. The molecule has 1 aromatic rings. The van der Waals surface area contributed by atoms with Crippen molar-refractivity contribution in [1.29, 1.82) is 0 Å². The van der Waals surface area contributed by atoms with Gasteiger partial charge in [0.25, 0.3) is 0 Å². The van der Waals surface area contributed by atoms with E-state index in [4.69, 9.17) is 4.42 Å². The van der Waals surface area contributed by atoms with E-state index in [1.807, 2.05) is 0 Å². The van der Waals surface area contributed by atoms with Crippen molar-refractivity contribution in [2.75, 3.05) is 6.54 Å². The van der Waals surface area contributed by atoms with E-state index < -0.39 is 0 Å². The Morgan fingerprint density at radius 2 is 2.50 bits per heavy atom. The van der Waals surface area contributed by atoms with Crippen LogP contribution in [-0.4, -0.2) is 11.5 Å². The summed E-state index contributed by atoms with van der Waals surface area (Å²) in [5, 5.41) is 3.43. The third kappa shape index (κ3) is 2.15. The lowest BCUT2D eigenvalue weighted by molar-refractivity contribution is 0.338. The van der Waals surface area contributed by atoms with Crippen molar-refractivity contribution >= 4 is 0 Å².